The van der Waals surface area contributed by atoms with E-state index >= 15 is 0 Å². The van der Waals surface area contributed by atoms with Gasteiger partial charge in [0.1, 0.15) is 5.69 Å². The van der Waals surface area contributed by atoms with Gasteiger partial charge in [-0.3, -0.25) is 9.48 Å². The van der Waals surface area contributed by atoms with Crippen LogP contribution >= 0.6 is 0 Å². The summed E-state index contributed by atoms with van der Waals surface area (Å²) in [7, 11) is 2.71. The molecule has 1 aromatic heterocycles. The van der Waals surface area contributed by atoms with Crippen molar-refractivity contribution in [2.45, 2.75) is 13.1 Å². The Bertz CT molecular complexity index is 1230. The third-order valence-corrected chi connectivity index (χ3v) is 4.72. The van der Waals surface area contributed by atoms with Gasteiger partial charge < -0.3 is 9.84 Å². The number of hydrazone groups is 1. The average molecular weight is 460 g/mol. The molecular weight excluding hydrogens is 441 g/mol. The number of nitrogens with zero attached hydrogens (tertiary/aromatic N) is 3. The summed E-state index contributed by atoms with van der Waals surface area (Å²) in [5.41, 5.74) is 2.23. The summed E-state index contributed by atoms with van der Waals surface area (Å²) < 4.78 is 45.0. The molecule has 0 aliphatic carbocycles. The summed E-state index contributed by atoms with van der Waals surface area (Å²) in [6.07, 6.45) is -4.54. The van der Waals surface area contributed by atoms with Crippen LogP contribution in [0.1, 0.15) is 38.9 Å². The van der Waals surface area contributed by atoms with E-state index in [-0.39, 0.29) is 39.5 Å². The molecule has 0 saturated heterocycles. The molecule has 172 valence electrons. The molecule has 0 spiro atoms. The molecule has 0 aliphatic rings. The van der Waals surface area contributed by atoms with Crippen LogP contribution in [-0.4, -0.2) is 39.6 Å². The second-order valence-electron chi connectivity index (χ2n) is 6.96. The first-order valence-corrected chi connectivity index (χ1v) is 9.50. The molecule has 0 radical (unpaired) electrons. The number of esters is 1. The van der Waals surface area contributed by atoms with E-state index in [9.17, 15) is 27.9 Å². The monoisotopic (exact) mass is 460 g/mol. The number of carbonyl (C=O) groups excluding carboxylic acids is 2. The quantitative estimate of drug-likeness (QED) is 0.343. The number of halogens is 3. The van der Waals surface area contributed by atoms with Crippen molar-refractivity contribution < 1.29 is 32.6 Å². The Morgan fingerprint density at radius 3 is 2.36 bits per heavy atom. The van der Waals surface area contributed by atoms with Crippen LogP contribution in [0.15, 0.2) is 53.6 Å². The molecule has 3 rings (SSSR count). The molecule has 1 amide bonds. The number of amides is 1. The Balaban J connectivity index is 1.83. The highest BCUT2D eigenvalue weighted by Crippen LogP contribution is 2.36. The zero-order valence-corrected chi connectivity index (χ0v) is 17.8. The molecule has 1 heterocycles. The standard InChI is InChI=1S/C22H19F3N4O4/c1-12(26-27-20(31)13-7-9-14(10-8-13)21(32)33-3)17-19(30)18(29(2)28-17)15-5-4-6-16(11-15)22(23,24)25/h4-11,30H,1-3H3,(H,27,31)/b26-12-. The van der Waals surface area contributed by atoms with Crippen LogP contribution in [0.2, 0.25) is 0 Å². The first-order valence-electron chi connectivity index (χ1n) is 9.50. The Labute approximate surface area is 186 Å². The highest BCUT2D eigenvalue weighted by atomic mass is 19.4. The molecule has 0 aliphatic heterocycles. The molecule has 0 fully saturated rings. The third kappa shape index (κ3) is 5.03. The second kappa shape index (κ2) is 9.15. The molecule has 0 atom stereocenters. The van der Waals surface area contributed by atoms with E-state index in [1.165, 1.54) is 62.2 Å². The zero-order valence-electron chi connectivity index (χ0n) is 17.8. The molecule has 2 N–H and O–H groups in total. The molecule has 33 heavy (non-hydrogen) atoms. The summed E-state index contributed by atoms with van der Waals surface area (Å²) in [5.74, 6) is -1.51. The zero-order chi connectivity index (χ0) is 24.3. The number of hydrogen-bond donors (Lipinski definition) is 2. The van der Waals surface area contributed by atoms with Crippen molar-refractivity contribution in [1.82, 2.24) is 15.2 Å². The van der Waals surface area contributed by atoms with E-state index in [0.29, 0.717) is 0 Å². The summed E-state index contributed by atoms with van der Waals surface area (Å²) in [4.78, 5) is 23.8. The summed E-state index contributed by atoms with van der Waals surface area (Å²) >= 11 is 0. The van der Waals surface area contributed by atoms with Crippen molar-refractivity contribution in [2.75, 3.05) is 7.11 Å². The smallest absolute Gasteiger partial charge is 0.416 e. The molecule has 2 aromatic carbocycles. The first kappa shape index (κ1) is 23.5. The predicted molar refractivity (Wildman–Crippen MR) is 113 cm³/mol. The highest BCUT2D eigenvalue weighted by molar-refractivity contribution is 6.02. The molecule has 3 aromatic rings. The van der Waals surface area contributed by atoms with Crippen LogP contribution in [0, 0.1) is 0 Å². The van der Waals surface area contributed by atoms with Crippen molar-refractivity contribution in [3.05, 3.63) is 70.9 Å². The Morgan fingerprint density at radius 1 is 1.12 bits per heavy atom. The average Bonchev–Trinajstić information content (AvgIpc) is 3.10. The molecule has 8 nitrogen and oxygen atoms in total. The molecule has 0 unspecified atom stereocenters. The predicted octanol–water partition coefficient (Wildman–Crippen LogP) is 3.75. The minimum Gasteiger partial charge on any atom is -0.504 e. The number of carbonyl (C=O) groups is 2. The Hall–Kier alpha value is -4.15. The number of ether oxygens (including phenoxy) is 1. The number of benzene rings is 2. The van der Waals surface area contributed by atoms with Crippen LogP contribution < -0.4 is 5.43 Å². The van der Waals surface area contributed by atoms with Crippen molar-refractivity contribution in [3.63, 3.8) is 0 Å². The van der Waals surface area contributed by atoms with Crippen LogP contribution in [0.4, 0.5) is 13.2 Å². The molecule has 11 heteroatoms. The van der Waals surface area contributed by atoms with Crippen LogP contribution in [0.5, 0.6) is 5.75 Å². The molecule has 0 bridgehead atoms. The van der Waals surface area contributed by atoms with E-state index < -0.39 is 23.6 Å². The fraction of sp³-hybridized carbons (Fsp3) is 0.182. The number of rotatable bonds is 5. The summed E-state index contributed by atoms with van der Waals surface area (Å²) in [6.45, 7) is 1.47. The van der Waals surface area contributed by atoms with Crippen molar-refractivity contribution in [3.8, 4) is 17.0 Å². The maximum absolute atomic E-state index is 13.0. The minimum atomic E-state index is -4.54. The van der Waals surface area contributed by atoms with Gasteiger partial charge in [0.05, 0.1) is 23.9 Å². The van der Waals surface area contributed by atoms with Gasteiger partial charge in [0.25, 0.3) is 5.91 Å². The van der Waals surface area contributed by atoms with Gasteiger partial charge in [0.15, 0.2) is 11.4 Å². The number of aromatic hydroxyl groups is 1. The fourth-order valence-electron chi connectivity index (χ4n) is 3.05. The van der Waals surface area contributed by atoms with E-state index in [1.54, 1.807) is 0 Å². The van der Waals surface area contributed by atoms with E-state index in [0.717, 1.165) is 12.1 Å². The number of hydrogen-bond acceptors (Lipinski definition) is 6. The van der Waals surface area contributed by atoms with Gasteiger partial charge in [-0.15, -0.1) is 0 Å². The lowest BCUT2D eigenvalue weighted by Gasteiger charge is -2.09. The van der Waals surface area contributed by atoms with Gasteiger partial charge >= 0.3 is 12.1 Å². The van der Waals surface area contributed by atoms with E-state index in [4.69, 9.17) is 0 Å². The number of methoxy groups -OCH3 is 1. The lowest BCUT2D eigenvalue weighted by Crippen LogP contribution is -2.19. The third-order valence-electron chi connectivity index (χ3n) is 4.72. The van der Waals surface area contributed by atoms with Crippen LogP contribution in [0.3, 0.4) is 0 Å². The number of alkyl halides is 3. The molecule has 0 saturated carbocycles. The minimum absolute atomic E-state index is 0.00810. The summed E-state index contributed by atoms with van der Waals surface area (Å²) in [5, 5.41) is 18.7. The normalized spacial score (nSPS) is 11.9. The summed E-state index contributed by atoms with van der Waals surface area (Å²) in [6, 6.07) is 10.2. The van der Waals surface area contributed by atoms with Gasteiger partial charge in [0.2, 0.25) is 0 Å². The van der Waals surface area contributed by atoms with Gasteiger partial charge in [0, 0.05) is 18.2 Å². The van der Waals surface area contributed by atoms with E-state index in [1.807, 2.05) is 0 Å². The lowest BCUT2D eigenvalue weighted by molar-refractivity contribution is -0.137. The number of aromatic nitrogens is 2. The van der Waals surface area contributed by atoms with Crippen LogP contribution in [-0.2, 0) is 18.0 Å². The van der Waals surface area contributed by atoms with Gasteiger partial charge in [-0.25, -0.2) is 10.2 Å². The van der Waals surface area contributed by atoms with Crippen molar-refractivity contribution in [2.24, 2.45) is 12.1 Å². The van der Waals surface area contributed by atoms with Gasteiger partial charge in [-0.05, 0) is 43.3 Å². The van der Waals surface area contributed by atoms with Gasteiger partial charge in [-0.2, -0.15) is 23.4 Å². The maximum atomic E-state index is 13.0. The van der Waals surface area contributed by atoms with Crippen LogP contribution in [0.25, 0.3) is 11.3 Å². The van der Waals surface area contributed by atoms with Crippen molar-refractivity contribution in [1.29, 1.82) is 0 Å². The Morgan fingerprint density at radius 2 is 1.76 bits per heavy atom. The first-order chi connectivity index (χ1) is 15.5. The number of nitrogens with one attached hydrogen (secondary N) is 1. The van der Waals surface area contributed by atoms with Crippen molar-refractivity contribution >= 4 is 17.6 Å². The topological polar surface area (TPSA) is 106 Å². The Kier molecular flexibility index (Phi) is 6.52. The maximum Gasteiger partial charge on any atom is 0.416 e. The fourth-order valence-corrected chi connectivity index (χ4v) is 3.05. The second-order valence-corrected chi connectivity index (χ2v) is 6.96. The highest BCUT2D eigenvalue weighted by Gasteiger charge is 2.31. The number of aryl methyl sites for hydroxylation is 1. The molecular formula is C22H19F3N4O4. The van der Waals surface area contributed by atoms with E-state index in [2.05, 4.69) is 20.4 Å². The SMILES string of the molecule is COC(=O)c1ccc(C(=O)N/N=C(/C)c2nn(C)c(-c3cccc(C(F)(F)F)c3)c2O)cc1. The van der Waals surface area contributed by atoms with Gasteiger partial charge in [-0.1, -0.05) is 12.1 Å². The lowest BCUT2D eigenvalue weighted by atomic mass is 10.1. The largest absolute Gasteiger partial charge is 0.504 e.